The molecule has 0 saturated heterocycles. The number of hydrogen-bond acceptors (Lipinski definition) is 3. The Kier molecular flexibility index (Phi) is 6.58. The second-order valence-corrected chi connectivity index (χ2v) is 6.61. The van der Waals surface area contributed by atoms with E-state index in [2.05, 4.69) is 0 Å². The van der Waals surface area contributed by atoms with Crippen molar-refractivity contribution in [3.8, 4) is 11.5 Å². The van der Waals surface area contributed by atoms with Gasteiger partial charge in [-0.25, -0.2) is 0 Å². The molecule has 8 heteroatoms. The first-order valence-corrected chi connectivity index (χ1v) is 9.15. The number of Topliss-reactive ketones (excluding diaryl/α,β-unsaturated/α-hetero) is 1. The van der Waals surface area contributed by atoms with Crippen molar-refractivity contribution in [2.75, 3.05) is 0 Å². The van der Waals surface area contributed by atoms with Gasteiger partial charge in [-0.1, -0.05) is 60.7 Å². The molecule has 162 valence electrons. The predicted octanol–water partition coefficient (Wildman–Crippen LogP) is 6.22. The molecule has 3 nitrogen and oxygen atoms in total. The number of benzene rings is 3. The van der Waals surface area contributed by atoms with Crippen LogP contribution in [0.5, 0.6) is 11.5 Å². The number of ketones is 1. The van der Waals surface area contributed by atoms with Crippen molar-refractivity contribution in [1.29, 1.82) is 0 Å². The zero-order chi connectivity index (χ0) is 22.5. The zero-order valence-electron chi connectivity index (χ0n) is 16.0. The van der Waals surface area contributed by atoms with Gasteiger partial charge in [0.2, 0.25) is 5.78 Å². The van der Waals surface area contributed by atoms with Crippen molar-refractivity contribution >= 4 is 5.78 Å². The van der Waals surface area contributed by atoms with E-state index in [1.54, 1.807) is 54.6 Å². The fourth-order valence-electron chi connectivity index (χ4n) is 2.66. The van der Waals surface area contributed by atoms with E-state index in [0.29, 0.717) is 0 Å². The van der Waals surface area contributed by atoms with Crippen LogP contribution in [0.15, 0.2) is 78.9 Å². The lowest BCUT2D eigenvalue weighted by atomic mass is 10.0. The molecule has 0 unspecified atom stereocenters. The highest BCUT2D eigenvalue weighted by molar-refractivity contribution is 6.02. The van der Waals surface area contributed by atoms with Crippen molar-refractivity contribution in [3.63, 3.8) is 0 Å². The highest BCUT2D eigenvalue weighted by atomic mass is 19.4. The first-order valence-electron chi connectivity index (χ1n) is 9.15. The maximum atomic E-state index is 13.5. The molecule has 3 aromatic rings. The third-order valence-corrected chi connectivity index (χ3v) is 4.32. The standard InChI is InChI=1S/C23H17F5O3/c24-22(25,23(26,27)28)21(29)18-11-12-19(30-14-16-7-3-1-4-8-16)20(13-18)31-15-17-9-5-2-6-10-17/h1-13H,14-15H2. The summed E-state index contributed by atoms with van der Waals surface area (Å²) in [5, 5.41) is 0. The largest absolute Gasteiger partial charge is 0.485 e. The summed E-state index contributed by atoms with van der Waals surface area (Å²) in [6.07, 6.45) is -6.00. The molecule has 0 radical (unpaired) electrons. The number of ether oxygens (including phenoxy) is 2. The Morgan fingerprint density at radius 1 is 0.677 bits per heavy atom. The van der Waals surface area contributed by atoms with Gasteiger partial charge in [0.05, 0.1) is 0 Å². The van der Waals surface area contributed by atoms with Gasteiger partial charge in [-0.3, -0.25) is 4.79 Å². The molecule has 0 amide bonds. The Labute approximate surface area is 175 Å². The fourth-order valence-corrected chi connectivity index (χ4v) is 2.66. The summed E-state index contributed by atoms with van der Waals surface area (Å²) in [4.78, 5) is 11.9. The summed E-state index contributed by atoms with van der Waals surface area (Å²) in [5.41, 5.74) is 0.701. The number of carbonyl (C=O) groups excluding carboxylic acids is 1. The molecule has 0 N–H and O–H groups in total. The van der Waals surface area contributed by atoms with E-state index in [1.807, 2.05) is 6.07 Å². The van der Waals surface area contributed by atoms with Gasteiger partial charge >= 0.3 is 12.1 Å². The highest BCUT2D eigenvalue weighted by Crippen LogP contribution is 2.39. The minimum atomic E-state index is -6.00. The number of rotatable bonds is 8. The molecule has 0 saturated carbocycles. The lowest BCUT2D eigenvalue weighted by Crippen LogP contribution is -2.44. The van der Waals surface area contributed by atoms with E-state index >= 15 is 0 Å². The smallest absolute Gasteiger partial charge is 0.461 e. The van der Waals surface area contributed by atoms with Gasteiger partial charge in [0.1, 0.15) is 13.2 Å². The van der Waals surface area contributed by atoms with E-state index in [0.717, 1.165) is 29.3 Å². The molecule has 0 aliphatic rings. The lowest BCUT2D eigenvalue weighted by Gasteiger charge is -2.19. The predicted molar refractivity (Wildman–Crippen MR) is 103 cm³/mol. The van der Waals surface area contributed by atoms with Gasteiger partial charge in [-0.2, -0.15) is 22.0 Å². The molecular formula is C23H17F5O3. The van der Waals surface area contributed by atoms with Gasteiger partial charge in [0, 0.05) is 5.56 Å². The molecule has 0 heterocycles. The van der Waals surface area contributed by atoms with Gasteiger partial charge in [-0.05, 0) is 29.3 Å². The van der Waals surface area contributed by atoms with Crippen LogP contribution in [0.4, 0.5) is 22.0 Å². The van der Waals surface area contributed by atoms with Crippen LogP contribution in [-0.2, 0) is 13.2 Å². The lowest BCUT2D eigenvalue weighted by molar-refractivity contribution is -0.255. The van der Waals surface area contributed by atoms with Crippen LogP contribution >= 0.6 is 0 Å². The van der Waals surface area contributed by atoms with Gasteiger partial charge in [0.15, 0.2) is 11.5 Å². The molecule has 0 fully saturated rings. The summed E-state index contributed by atoms with van der Waals surface area (Å²) >= 11 is 0. The molecule has 3 aromatic carbocycles. The van der Waals surface area contributed by atoms with Gasteiger partial charge in [0.25, 0.3) is 0 Å². The summed E-state index contributed by atoms with van der Waals surface area (Å²) in [5.74, 6) is -7.90. The SMILES string of the molecule is O=C(c1ccc(OCc2ccccc2)c(OCc2ccccc2)c1)C(F)(F)C(F)(F)F. The molecule has 0 spiro atoms. The third-order valence-electron chi connectivity index (χ3n) is 4.32. The second kappa shape index (κ2) is 9.16. The van der Waals surface area contributed by atoms with Crippen LogP contribution in [0, 0.1) is 0 Å². The minimum absolute atomic E-state index is 0.00412. The molecule has 0 atom stereocenters. The fraction of sp³-hybridized carbons (Fsp3) is 0.174. The Morgan fingerprint density at radius 2 is 1.16 bits per heavy atom. The number of carbonyl (C=O) groups is 1. The molecule has 3 rings (SSSR count). The Balaban J connectivity index is 1.87. The van der Waals surface area contributed by atoms with E-state index < -0.39 is 23.4 Å². The van der Waals surface area contributed by atoms with Crippen molar-refractivity contribution in [1.82, 2.24) is 0 Å². The number of halogens is 5. The van der Waals surface area contributed by atoms with Crippen molar-refractivity contribution in [3.05, 3.63) is 95.6 Å². The minimum Gasteiger partial charge on any atom is -0.485 e. The number of alkyl halides is 5. The van der Waals surface area contributed by atoms with Crippen molar-refractivity contribution in [2.45, 2.75) is 25.3 Å². The first kappa shape index (κ1) is 22.3. The van der Waals surface area contributed by atoms with E-state index in [-0.39, 0.29) is 24.7 Å². The van der Waals surface area contributed by atoms with E-state index in [9.17, 15) is 26.7 Å². The van der Waals surface area contributed by atoms with Crippen LogP contribution in [0.2, 0.25) is 0 Å². The molecular weight excluding hydrogens is 419 g/mol. The van der Waals surface area contributed by atoms with Crippen LogP contribution in [-0.4, -0.2) is 17.9 Å². The highest BCUT2D eigenvalue weighted by Gasteiger charge is 2.63. The monoisotopic (exact) mass is 436 g/mol. The molecule has 0 aromatic heterocycles. The van der Waals surface area contributed by atoms with Crippen LogP contribution in [0.3, 0.4) is 0 Å². The topological polar surface area (TPSA) is 35.5 Å². The maximum absolute atomic E-state index is 13.5. The Bertz CT molecular complexity index is 1020. The maximum Gasteiger partial charge on any atom is 0.461 e. The second-order valence-electron chi connectivity index (χ2n) is 6.61. The van der Waals surface area contributed by atoms with E-state index in [1.165, 1.54) is 0 Å². The molecule has 0 aliphatic carbocycles. The van der Waals surface area contributed by atoms with Crippen molar-refractivity contribution in [2.24, 2.45) is 0 Å². The van der Waals surface area contributed by atoms with Gasteiger partial charge in [-0.15, -0.1) is 0 Å². The number of hydrogen-bond donors (Lipinski definition) is 0. The molecule has 0 bridgehead atoms. The van der Waals surface area contributed by atoms with Crippen molar-refractivity contribution < 1.29 is 36.2 Å². The van der Waals surface area contributed by atoms with Crippen LogP contribution in [0.1, 0.15) is 21.5 Å². The Morgan fingerprint density at radius 3 is 1.65 bits per heavy atom. The summed E-state index contributed by atoms with van der Waals surface area (Å²) in [6, 6.07) is 20.7. The molecule has 31 heavy (non-hydrogen) atoms. The third kappa shape index (κ3) is 5.39. The summed E-state index contributed by atoms with van der Waals surface area (Å²) in [6.45, 7) is 0.102. The van der Waals surface area contributed by atoms with Crippen LogP contribution < -0.4 is 9.47 Å². The van der Waals surface area contributed by atoms with E-state index in [4.69, 9.17) is 9.47 Å². The average Bonchev–Trinajstić information content (AvgIpc) is 2.76. The summed E-state index contributed by atoms with van der Waals surface area (Å²) < 4.78 is 76.1. The summed E-state index contributed by atoms with van der Waals surface area (Å²) in [7, 11) is 0. The normalized spacial score (nSPS) is 11.8. The average molecular weight is 436 g/mol. The zero-order valence-corrected chi connectivity index (χ0v) is 16.0. The Hall–Kier alpha value is -3.42. The van der Waals surface area contributed by atoms with Gasteiger partial charge < -0.3 is 9.47 Å². The first-order chi connectivity index (χ1) is 14.7. The molecule has 0 aliphatic heterocycles. The quantitative estimate of drug-likeness (QED) is 0.310. The van der Waals surface area contributed by atoms with Crippen LogP contribution in [0.25, 0.3) is 0 Å².